The molecular formula is C12H15BrO. The maximum atomic E-state index is 11.2. The lowest BCUT2D eigenvalue weighted by molar-refractivity contribution is -0.116. The Morgan fingerprint density at radius 1 is 1.50 bits per heavy atom. The third kappa shape index (κ3) is 2.44. The molecule has 0 spiro atoms. The van der Waals surface area contributed by atoms with Crippen LogP contribution in [0.4, 0.5) is 0 Å². The number of hydrogen-bond donors (Lipinski definition) is 0. The molecule has 0 radical (unpaired) electrons. The molecule has 1 rings (SSSR count). The van der Waals surface area contributed by atoms with E-state index in [1.165, 1.54) is 11.1 Å². The quantitative estimate of drug-likeness (QED) is 0.754. The number of carbonyl (C=O) groups is 1. The molecule has 0 fully saturated rings. The number of rotatable bonds is 3. The van der Waals surface area contributed by atoms with Gasteiger partial charge in [0.2, 0.25) is 0 Å². The predicted octanol–water partition coefficient (Wildman–Crippen LogP) is 3.58. The van der Waals surface area contributed by atoms with E-state index in [4.69, 9.17) is 0 Å². The van der Waals surface area contributed by atoms with E-state index in [1.807, 2.05) is 6.92 Å². The van der Waals surface area contributed by atoms with Crippen molar-refractivity contribution in [3.05, 3.63) is 34.9 Å². The van der Waals surface area contributed by atoms with Crippen LogP contribution in [0, 0.1) is 6.92 Å². The van der Waals surface area contributed by atoms with Crippen LogP contribution in [0.3, 0.4) is 0 Å². The van der Waals surface area contributed by atoms with Gasteiger partial charge in [-0.2, -0.15) is 0 Å². The Kier molecular flexibility index (Phi) is 3.87. The highest BCUT2D eigenvalue weighted by Crippen LogP contribution is 2.27. The van der Waals surface area contributed by atoms with Gasteiger partial charge in [0, 0.05) is 0 Å². The highest BCUT2D eigenvalue weighted by Gasteiger charge is 2.14. The molecule has 0 saturated carbocycles. The molecule has 1 atom stereocenters. The monoisotopic (exact) mass is 254 g/mol. The number of aryl methyl sites for hydroxylation is 2. The van der Waals surface area contributed by atoms with Crippen molar-refractivity contribution in [2.45, 2.75) is 32.0 Å². The van der Waals surface area contributed by atoms with E-state index in [2.05, 4.69) is 41.1 Å². The minimum Gasteiger partial charge on any atom is -0.298 e. The predicted molar refractivity (Wildman–Crippen MR) is 62.9 cm³/mol. The molecule has 1 aromatic carbocycles. The van der Waals surface area contributed by atoms with Gasteiger partial charge in [-0.3, -0.25) is 4.79 Å². The smallest absolute Gasteiger partial charge is 0.147 e. The first-order valence-corrected chi connectivity index (χ1v) is 5.71. The van der Waals surface area contributed by atoms with E-state index in [-0.39, 0.29) is 10.6 Å². The molecule has 1 nitrogen and oxygen atoms in total. The van der Waals surface area contributed by atoms with Gasteiger partial charge in [0.15, 0.2) is 0 Å². The fourth-order valence-electron chi connectivity index (χ4n) is 1.40. The van der Waals surface area contributed by atoms with E-state index in [9.17, 15) is 4.79 Å². The summed E-state index contributed by atoms with van der Waals surface area (Å²) in [5, 5.41) is 0. The zero-order chi connectivity index (χ0) is 10.7. The van der Waals surface area contributed by atoms with Gasteiger partial charge in [0.25, 0.3) is 0 Å². The van der Waals surface area contributed by atoms with Crippen molar-refractivity contribution in [1.29, 1.82) is 0 Å². The number of halogens is 1. The Labute approximate surface area is 93.7 Å². The summed E-state index contributed by atoms with van der Waals surface area (Å²) in [6.07, 6.45) is 1.00. The van der Waals surface area contributed by atoms with Crippen molar-refractivity contribution < 1.29 is 4.79 Å². The maximum Gasteiger partial charge on any atom is 0.147 e. The Hall–Kier alpha value is -0.630. The van der Waals surface area contributed by atoms with Gasteiger partial charge in [0.05, 0.1) is 4.83 Å². The third-order valence-electron chi connectivity index (χ3n) is 2.38. The van der Waals surface area contributed by atoms with Crippen molar-refractivity contribution in [3.8, 4) is 0 Å². The van der Waals surface area contributed by atoms with Gasteiger partial charge in [-0.1, -0.05) is 41.1 Å². The van der Waals surface area contributed by atoms with Gasteiger partial charge in [-0.05, 0) is 37.0 Å². The Bertz CT molecular complexity index is 344. The zero-order valence-corrected chi connectivity index (χ0v) is 10.4. The summed E-state index contributed by atoms with van der Waals surface area (Å²) < 4.78 is 0. The summed E-state index contributed by atoms with van der Waals surface area (Å²) in [6, 6.07) is 6.29. The zero-order valence-electron chi connectivity index (χ0n) is 8.80. The lowest BCUT2D eigenvalue weighted by atomic mass is 10.00. The van der Waals surface area contributed by atoms with Gasteiger partial charge in [0.1, 0.15) is 5.78 Å². The molecule has 1 aromatic rings. The summed E-state index contributed by atoms with van der Waals surface area (Å²) in [5.74, 6) is 0.154. The minimum atomic E-state index is -0.158. The fourth-order valence-corrected chi connectivity index (χ4v) is 1.90. The highest BCUT2D eigenvalue weighted by atomic mass is 79.9. The van der Waals surface area contributed by atoms with Crippen molar-refractivity contribution in [1.82, 2.24) is 0 Å². The molecule has 0 amide bonds. The van der Waals surface area contributed by atoms with Crippen LogP contribution in [-0.4, -0.2) is 5.78 Å². The number of alkyl halides is 1. The molecule has 0 aliphatic heterocycles. The second-order valence-electron chi connectivity index (χ2n) is 3.52. The summed E-state index contributed by atoms with van der Waals surface area (Å²) in [4.78, 5) is 11.1. The molecule has 0 aromatic heterocycles. The number of carbonyl (C=O) groups excluding carboxylic acids is 1. The van der Waals surface area contributed by atoms with Crippen LogP contribution in [0.2, 0.25) is 0 Å². The summed E-state index contributed by atoms with van der Waals surface area (Å²) in [6.45, 7) is 5.76. The molecule has 0 N–H and O–H groups in total. The number of benzene rings is 1. The topological polar surface area (TPSA) is 17.1 Å². The molecule has 0 bridgehead atoms. The average molecular weight is 255 g/mol. The van der Waals surface area contributed by atoms with Crippen LogP contribution in [-0.2, 0) is 11.2 Å². The number of Topliss-reactive ketones (excluding diaryl/α,β-unsaturated/α-hetero) is 1. The summed E-state index contributed by atoms with van der Waals surface area (Å²) in [7, 11) is 0. The van der Waals surface area contributed by atoms with Gasteiger partial charge >= 0.3 is 0 Å². The molecule has 0 aliphatic rings. The Balaban J connectivity index is 3.11. The van der Waals surface area contributed by atoms with E-state index in [0.717, 1.165) is 12.0 Å². The lowest BCUT2D eigenvalue weighted by Gasteiger charge is -2.11. The van der Waals surface area contributed by atoms with Crippen LogP contribution in [0.1, 0.15) is 35.4 Å². The van der Waals surface area contributed by atoms with Crippen LogP contribution >= 0.6 is 15.9 Å². The standard InChI is InChI=1S/C12H15BrO/c1-4-10-6-5-8(2)11(7-10)12(13)9(3)14/h5-7,12H,4H2,1-3H3. The fraction of sp³-hybridized carbons (Fsp3) is 0.417. The molecular weight excluding hydrogens is 240 g/mol. The molecule has 2 heteroatoms. The number of hydrogen-bond acceptors (Lipinski definition) is 1. The molecule has 0 saturated heterocycles. The maximum absolute atomic E-state index is 11.2. The first kappa shape index (κ1) is 11.4. The summed E-state index contributed by atoms with van der Waals surface area (Å²) >= 11 is 3.41. The van der Waals surface area contributed by atoms with E-state index < -0.39 is 0 Å². The first-order valence-electron chi connectivity index (χ1n) is 4.80. The molecule has 1 unspecified atom stereocenters. The van der Waals surface area contributed by atoms with Crippen LogP contribution in [0.15, 0.2) is 18.2 Å². The normalized spacial score (nSPS) is 12.6. The average Bonchev–Trinajstić information content (AvgIpc) is 2.17. The minimum absolute atomic E-state index is 0.154. The largest absolute Gasteiger partial charge is 0.298 e. The highest BCUT2D eigenvalue weighted by molar-refractivity contribution is 9.09. The van der Waals surface area contributed by atoms with E-state index >= 15 is 0 Å². The van der Waals surface area contributed by atoms with Crippen molar-refractivity contribution in [3.63, 3.8) is 0 Å². The van der Waals surface area contributed by atoms with E-state index in [0.29, 0.717) is 0 Å². The lowest BCUT2D eigenvalue weighted by Crippen LogP contribution is -2.03. The Morgan fingerprint density at radius 3 is 2.64 bits per heavy atom. The Morgan fingerprint density at radius 2 is 2.14 bits per heavy atom. The molecule has 0 aliphatic carbocycles. The van der Waals surface area contributed by atoms with Crippen molar-refractivity contribution >= 4 is 21.7 Å². The SMILES string of the molecule is CCc1ccc(C)c(C(Br)C(C)=O)c1. The van der Waals surface area contributed by atoms with Gasteiger partial charge < -0.3 is 0 Å². The van der Waals surface area contributed by atoms with Crippen LogP contribution in [0.25, 0.3) is 0 Å². The van der Waals surface area contributed by atoms with Gasteiger partial charge in [-0.25, -0.2) is 0 Å². The third-order valence-corrected chi connectivity index (χ3v) is 3.52. The molecule has 76 valence electrons. The van der Waals surface area contributed by atoms with E-state index in [1.54, 1.807) is 6.92 Å². The molecule has 0 heterocycles. The second-order valence-corrected chi connectivity index (χ2v) is 4.43. The molecule has 14 heavy (non-hydrogen) atoms. The van der Waals surface area contributed by atoms with Gasteiger partial charge in [-0.15, -0.1) is 0 Å². The number of ketones is 1. The van der Waals surface area contributed by atoms with Crippen LogP contribution < -0.4 is 0 Å². The van der Waals surface area contributed by atoms with Crippen molar-refractivity contribution in [2.75, 3.05) is 0 Å². The van der Waals surface area contributed by atoms with Crippen molar-refractivity contribution in [2.24, 2.45) is 0 Å². The van der Waals surface area contributed by atoms with Crippen LogP contribution in [0.5, 0.6) is 0 Å². The summed E-state index contributed by atoms with van der Waals surface area (Å²) in [5.41, 5.74) is 3.53. The first-order chi connectivity index (χ1) is 6.56. The second kappa shape index (κ2) is 4.74.